The third kappa shape index (κ3) is 2.74. The van der Waals surface area contributed by atoms with Gasteiger partial charge in [0.2, 0.25) is 5.52 Å². The van der Waals surface area contributed by atoms with Crippen LogP contribution in [-0.2, 0) is 0 Å². The molecule has 1 aliphatic rings. The molecule has 4 rings (SSSR count). The summed E-state index contributed by atoms with van der Waals surface area (Å²) in [6, 6.07) is 8.79. The fourth-order valence-corrected chi connectivity index (χ4v) is 3.28. The van der Waals surface area contributed by atoms with Gasteiger partial charge in [0.05, 0.1) is 21.3 Å². The summed E-state index contributed by atoms with van der Waals surface area (Å²) in [5.74, 6) is 0. The number of hydrogen-bond donors (Lipinski definition) is 1. The number of halogens is 1. The summed E-state index contributed by atoms with van der Waals surface area (Å²) in [5, 5.41) is 22.8. The molecule has 2 aromatic carbocycles. The van der Waals surface area contributed by atoms with Gasteiger partial charge in [-0.3, -0.25) is 10.1 Å². The zero-order chi connectivity index (χ0) is 17.4. The second kappa shape index (κ2) is 6.21. The number of nitrogens with zero attached hydrogens (tertiary/aromatic N) is 4. The van der Waals surface area contributed by atoms with Gasteiger partial charge in [-0.1, -0.05) is 23.7 Å². The molecule has 0 aliphatic carbocycles. The maximum absolute atomic E-state index is 11.7. The minimum absolute atomic E-state index is 0.129. The monoisotopic (exact) mass is 359 g/mol. The van der Waals surface area contributed by atoms with Gasteiger partial charge < -0.3 is 10.2 Å². The molecular formula is C16H14ClN5O3. The predicted molar refractivity (Wildman–Crippen MR) is 94.6 cm³/mol. The van der Waals surface area contributed by atoms with E-state index in [9.17, 15) is 10.1 Å². The number of nitro groups is 1. The lowest BCUT2D eigenvalue weighted by molar-refractivity contribution is -0.382. The van der Waals surface area contributed by atoms with Gasteiger partial charge in [-0.15, -0.1) is 0 Å². The molecule has 1 saturated heterocycles. The number of anilines is 3. The average Bonchev–Trinajstić information content (AvgIpc) is 3.27. The molecule has 0 saturated carbocycles. The largest absolute Gasteiger partial charge is 0.370 e. The Morgan fingerprint density at radius 2 is 1.88 bits per heavy atom. The Kier molecular flexibility index (Phi) is 3.89. The van der Waals surface area contributed by atoms with Crippen LogP contribution < -0.4 is 10.2 Å². The van der Waals surface area contributed by atoms with Crippen molar-refractivity contribution in [3.05, 3.63) is 45.5 Å². The molecule has 3 aromatic rings. The maximum atomic E-state index is 11.7. The quantitative estimate of drug-likeness (QED) is 0.552. The topological polar surface area (TPSA) is 97.3 Å². The van der Waals surface area contributed by atoms with Crippen molar-refractivity contribution >= 4 is 45.4 Å². The van der Waals surface area contributed by atoms with Crippen LogP contribution in [0, 0.1) is 10.1 Å². The molecule has 0 bridgehead atoms. The molecule has 8 nitrogen and oxygen atoms in total. The van der Waals surface area contributed by atoms with Crippen LogP contribution in [-0.4, -0.2) is 28.3 Å². The number of rotatable bonds is 4. The molecule has 1 N–H and O–H groups in total. The van der Waals surface area contributed by atoms with E-state index in [-0.39, 0.29) is 11.2 Å². The van der Waals surface area contributed by atoms with Gasteiger partial charge in [-0.2, -0.15) is 0 Å². The summed E-state index contributed by atoms with van der Waals surface area (Å²) in [6.45, 7) is 1.73. The summed E-state index contributed by atoms with van der Waals surface area (Å²) in [4.78, 5) is 13.3. The zero-order valence-electron chi connectivity index (χ0n) is 13.1. The van der Waals surface area contributed by atoms with E-state index in [0.717, 1.165) is 31.6 Å². The Labute approximate surface area is 147 Å². The fourth-order valence-electron chi connectivity index (χ4n) is 3.10. The molecule has 0 amide bonds. The summed E-state index contributed by atoms with van der Waals surface area (Å²) in [6.07, 6.45) is 2.13. The van der Waals surface area contributed by atoms with Gasteiger partial charge in [0.25, 0.3) is 0 Å². The molecule has 1 aliphatic heterocycles. The predicted octanol–water partition coefficient (Wildman–Crippen LogP) is 4.13. The summed E-state index contributed by atoms with van der Waals surface area (Å²) in [5.41, 5.74) is 2.01. The first-order valence-corrected chi connectivity index (χ1v) is 8.23. The van der Waals surface area contributed by atoms with Crippen molar-refractivity contribution in [2.45, 2.75) is 12.8 Å². The molecule has 1 fully saturated rings. The SMILES string of the molecule is O=[N+]([O-])c1c(Nc2ccccc2Cl)cc(N2CCCC2)c2nonc12. The first-order valence-electron chi connectivity index (χ1n) is 7.85. The Balaban J connectivity index is 1.90. The van der Waals surface area contributed by atoms with Crippen LogP contribution >= 0.6 is 11.6 Å². The van der Waals surface area contributed by atoms with E-state index in [4.69, 9.17) is 16.2 Å². The number of benzene rings is 2. The van der Waals surface area contributed by atoms with Crippen LogP contribution in [0.5, 0.6) is 0 Å². The number of hydrogen-bond acceptors (Lipinski definition) is 7. The Hall–Kier alpha value is -2.87. The summed E-state index contributed by atoms with van der Waals surface area (Å²) < 4.78 is 4.80. The molecule has 1 aromatic heterocycles. The van der Waals surface area contributed by atoms with Crippen molar-refractivity contribution in [2.75, 3.05) is 23.3 Å². The second-order valence-corrected chi connectivity index (χ2v) is 6.22. The van der Waals surface area contributed by atoms with Gasteiger partial charge in [-0.25, -0.2) is 4.63 Å². The van der Waals surface area contributed by atoms with Gasteiger partial charge in [0.1, 0.15) is 5.69 Å². The van der Waals surface area contributed by atoms with Crippen LogP contribution in [0.3, 0.4) is 0 Å². The number of aromatic nitrogens is 2. The number of fused-ring (bicyclic) bond motifs is 1. The van der Waals surface area contributed by atoms with E-state index in [0.29, 0.717) is 21.9 Å². The Bertz CT molecular complexity index is 952. The molecule has 0 atom stereocenters. The maximum Gasteiger partial charge on any atom is 0.324 e. The van der Waals surface area contributed by atoms with E-state index < -0.39 is 4.92 Å². The molecule has 0 unspecified atom stereocenters. The van der Waals surface area contributed by atoms with Crippen molar-refractivity contribution < 1.29 is 9.55 Å². The number of nitrogens with one attached hydrogen (secondary N) is 1. The highest BCUT2D eigenvalue weighted by molar-refractivity contribution is 6.33. The lowest BCUT2D eigenvalue weighted by Gasteiger charge is -2.19. The van der Waals surface area contributed by atoms with Crippen LogP contribution in [0.15, 0.2) is 35.0 Å². The molecule has 0 radical (unpaired) electrons. The minimum atomic E-state index is -0.487. The van der Waals surface area contributed by atoms with Crippen molar-refractivity contribution in [3.63, 3.8) is 0 Å². The molecule has 128 valence electrons. The number of para-hydroxylation sites is 1. The Morgan fingerprint density at radius 1 is 1.16 bits per heavy atom. The highest BCUT2D eigenvalue weighted by Gasteiger charge is 2.29. The fraction of sp³-hybridized carbons (Fsp3) is 0.250. The normalized spacial score (nSPS) is 14.2. The van der Waals surface area contributed by atoms with Crippen molar-refractivity contribution in [3.8, 4) is 0 Å². The molecule has 0 spiro atoms. The average molecular weight is 360 g/mol. The van der Waals surface area contributed by atoms with Crippen molar-refractivity contribution in [2.24, 2.45) is 0 Å². The highest BCUT2D eigenvalue weighted by Crippen LogP contribution is 2.41. The third-order valence-corrected chi connectivity index (χ3v) is 4.59. The van der Waals surface area contributed by atoms with E-state index in [1.54, 1.807) is 30.3 Å². The molecule has 9 heteroatoms. The van der Waals surface area contributed by atoms with Gasteiger partial charge in [-0.05, 0) is 41.4 Å². The van der Waals surface area contributed by atoms with Crippen LogP contribution in [0.25, 0.3) is 11.0 Å². The van der Waals surface area contributed by atoms with Gasteiger partial charge >= 0.3 is 5.69 Å². The summed E-state index contributed by atoms with van der Waals surface area (Å²) in [7, 11) is 0. The molecular weight excluding hydrogens is 346 g/mol. The molecule has 25 heavy (non-hydrogen) atoms. The van der Waals surface area contributed by atoms with Crippen LogP contribution in [0.1, 0.15) is 12.8 Å². The van der Waals surface area contributed by atoms with Gasteiger partial charge in [0.15, 0.2) is 5.52 Å². The van der Waals surface area contributed by atoms with E-state index in [1.807, 2.05) is 0 Å². The second-order valence-electron chi connectivity index (χ2n) is 5.81. The molecule has 2 heterocycles. The first-order chi connectivity index (χ1) is 12.1. The zero-order valence-corrected chi connectivity index (χ0v) is 13.9. The Morgan fingerprint density at radius 3 is 2.60 bits per heavy atom. The van der Waals surface area contributed by atoms with Crippen LogP contribution in [0.4, 0.5) is 22.7 Å². The van der Waals surface area contributed by atoms with Crippen molar-refractivity contribution in [1.29, 1.82) is 0 Å². The van der Waals surface area contributed by atoms with Crippen LogP contribution in [0.2, 0.25) is 5.02 Å². The third-order valence-electron chi connectivity index (χ3n) is 4.26. The number of nitro benzene ring substituents is 1. The highest BCUT2D eigenvalue weighted by atomic mass is 35.5. The lowest BCUT2D eigenvalue weighted by atomic mass is 10.1. The minimum Gasteiger partial charge on any atom is -0.370 e. The first kappa shape index (κ1) is 15.6. The van der Waals surface area contributed by atoms with E-state index >= 15 is 0 Å². The van der Waals surface area contributed by atoms with E-state index in [1.165, 1.54) is 0 Å². The van der Waals surface area contributed by atoms with E-state index in [2.05, 4.69) is 20.5 Å². The lowest BCUT2D eigenvalue weighted by Crippen LogP contribution is -2.18. The summed E-state index contributed by atoms with van der Waals surface area (Å²) >= 11 is 6.18. The standard InChI is InChI=1S/C16H14ClN5O3/c17-10-5-1-2-6-11(10)18-12-9-13(21-7-3-4-8-21)14-15(20-25-19-14)16(12)22(23)24/h1-2,5-6,9,18H,3-4,7-8H2. The van der Waals surface area contributed by atoms with Crippen molar-refractivity contribution in [1.82, 2.24) is 10.3 Å². The van der Waals surface area contributed by atoms with Gasteiger partial charge in [0, 0.05) is 13.1 Å². The smallest absolute Gasteiger partial charge is 0.324 e.